The number of hydrogen-bond donors (Lipinski definition) is 0. The first-order valence-corrected chi connectivity index (χ1v) is 7.74. The van der Waals surface area contributed by atoms with Crippen molar-refractivity contribution < 1.29 is 17.5 Å². The molecule has 2 rings (SSSR count). The van der Waals surface area contributed by atoms with Gasteiger partial charge in [0, 0.05) is 26.8 Å². The van der Waals surface area contributed by atoms with E-state index in [-0.39, 0.29) is 10.8 Å². The Bertz CT molecular complexity index is 526. The van der Waals surface area contributed by atoms with E-state index in [9.17, 15) is 12.8 Å². The van der Waals surface area contributed by atoms with Gasteiger partial charge in [0.15, 0.2) is 0 Å². The molecule has 0 saturated carbocycles. The Morgan fingerprint density at radius 2 is 1.95 bits per heavy atom. The van der Waals surface area contributed by atoms with Crippen molar-refractivity contribution >= 4 is 10.0 Å². The first-order chi connectivity index (χ1) is 9.01. The highest BCUT2D eigenvalue weighted by molar-refractivity contribution is 7.89. The molecule has 0 bridgehead atoms. The summed E-state index contributed by atoms with van der Waals surface area (Å²) in [5, 5.41) is 0. The van der Waals surface area contributed by atoms with Crippen LogP contribution in [0.2, 0.25) is 0 Å². The SMILES string of the molecule is CN(CC1CCOCC1)S(=O)(=O)c1ccccc1F. The van der Waals surface area contributed by atoms with Crippen LogP contribution in [0.3, 0.4) is 0 Å². The summed E-state index contributed by atoms with van der Waals surface area (Å²) in [4.78, 5) is -0.260. The third kappa shape index (κ3) is 3.32. The molecule has 6 heteroatoms. The second-order valence-corrected chi connectivity index (χ2v) is 6.79. The van der Waals surface area contributed by atoms with E-state index >= 15 is 0 Å². The normalized spacial score (nSPS) is 17.8. The molecule has 1 heterocycles. The van der Waals surface area contributed by atoms with Gasteiger partial charge < -0.3 is 4.74 Å². The fraction of sp³-hybridized carbons (Fsp3) is 0.538. The van der Waals surface area contributed by atoms with Gasteiger partial charge in [0.25, 0.3) is 0 Å². The lowest BCUT2D eigenvalue weighted by Crippen LogP contribution is -2.34. The molecule has 0 aliphatic carbocycles. The molecule has 4 nitrogen and oxygen atoms in total. The van der Waals surface area contributed by atoms with Crippen LogP contribution in [0.5, 0.6) is 0 Å². The fourth-order valence-electron chi connectivity index (χ4n) is 2.21. The maximum absolute atomic E-state index is 13.6. The minimum Gasteiger partial charge on any atom is -0.381 e. The summed E-state index contributed by atoms with van der Waals surface area (Å²) in [6.07, 6.45) is 1.69. The van der Waals surface area contributed by atoms with Gasteiger partial charge in [0.2, 0.25) is 10.0 Å². The van der Waals surface area contributed by atoms with Gasteiger partial charge in [-0.1, -0.05) is 12.1 Å². The second kappa shape index (κ2) is 5.98. The molecule has 1 saturated heterocycles. The summed E-state index contributed by atoms with van der Waals surface area (Å²) in [6.45, 7) is 1.73. The molecule has 0 amide bonds. The summed E-state index contributed by atoms with van der Waals surface area (Å²) in [5.41, 5.74) is 0. The first kappa shape index (κ1) is 14.4. The Labute approximate surface area is 113 Å². The number of hydrogen-bond acceptors (Lipinski definition) is 3. The Hall–Kier alpha value is -0.980. The number of benzene rings is 1. The summed E-state index contributed by atoms with van der Waals surface area (Å²) in [7, 11) is -2.25. The molecule has 1 aromatic carbocycles. The summed E-state index contributed by atoms with van der Waals surface area (Å²) in [6, 6.07) is 5.46. The van der Waals surface area contributed by atoms with Crippen molar-refractivity contribution in [2.75, 3.05) is 26.8 Å². The third-order valence-corrected chi connectivity index (χ3v) is 5.24. The van der Waals surface area contributed by atoms with E-state index < -0.39 is 15.8 Å². The smallest absolute Gasteiger partial charge is 0.245 e. The van der Waals surface area contributed by atoms with E-state index in [0.29, 0.717) is 19.8 Å². The molecule has 0 aromatic heterocycles. The topological polar surface area (TPSA) is 46.6 Å². The zero-order chi connectivity index (χ0) is 13.9. The second-order valence-electron chi connectivity index (χ2n) is 4.77. The quantitative estimate of drug-likeness (QED) is 0.849. The lowest BCUT2D eigenvalue weighted by molar-refractivity contribution is 0.0620. The van der Waals surface area contributed by atoms with Crippen LogP contribution in [0.25, 0.3) is 0 Å². The Morgan fingerprint density at radius 3 is 2.58 bits per heavy atom. The number of rotatable bonds is 4. The fourth-order valence-corrected chi connectivity index (χ4v) is 3.52. The maximum Gasteiger partial charge on any atom is 0.245 e. The van der Waals surface area contributed by atoms with Crippen molar-refractivity contribution in [3.05, 3.63) is 30.1 Å². The van der Waals surface area contributed by atoms with Crippen LogP contribution in [-0.4, -0.2) is 39.5 Å². The summed E-state index contributed by atoms with van der Waals surface area (Å²) >= 11 is 0. The van der Waals surface area contributed by atoms with E-state index in [4.69, 9.17) is 4.74 Å². The van der Waals surface area contributed by atoms with Crippen molar-refractivity contribution in [1.82, 2.24) is 4.31 Å². The Morgan fingerprint density at radius 1 is 1.32 bits per heavy atom. The van der Waals surface area contributed by atoms with E-state index in [1.165, 1.54) is 29.6 Å². The minimum absolute atomic E-state index is 0.260. The van der Waals surface area contributed by atoms with Crippen molar-refractivity contribution in [1.29, 1.82) is 0 Å². The van der Waals surface area contributed by atoms with Crippen LogP contribution >= 0.6 is 0 Å². The molecular weight excluding hydrogens is 269 g/mol. The summed E-state index contributed by atoms with van der Waals surface area (Å²) < 4.78 is 44.6. The molecule has 1 aliphatic heterocycles. The average Bonchev–Trinajstić information content (AvgIpc) is 2.40. The van der Waals surface area contributed by atoms with E-state index in [2.05, 4.69) is 0 Å². The first-order valence-electron chi connectivity index (χ1n) is 6.30. The van der Waals surface area contributed by atoms with Gasteiger partial charge in [0.05, 0.1) is 0 Å². The zero-order valence-electron chi connectivity index (χ0n) is 10.9. The number of nitrogens with zero attached hydrogens (tertiary/aromatic N) is 1. The molecular formula is C13H18FNO3S. The molecule has 1 fully saturated rings. The van der Waals surface area contributed by atoms with Crippen molar-refractivity contribution in [3.8, 4) is 0 Å². The molecule has 0 unspecified atom stereocenters. The molecule has 0 N–H and O–H groups in total. The number of ether oxygens (including phenoxy) is 1. The van der Waals surface area contributed by atoms with Gasteiger partial charge in [-0.15, -0.1) is 0 Å². The van der Waals surface area contributed by atoms with Gasteiger partial charge >= 0.3 is 0 Å². The highest BCUT2D eigenvalue weighted by Gasteiger charge is 2.27. The highest BCUT2D eigenvalue weighted by Crippen LogP contribution is 2.21. The lowest BCUT2D eigenvalue weighted by atomic mass is 10.0. The predicted octanol–water partition coefficient (Wildman–Crippen LogP) is 1.87. The van der Waals surface area contributed by atoms with Crippen LogP contribution in [0, 0.1) is 11.7 Å². The van der Waals surface area contributed by atoms with E-state index in [0.717, 1.165) is 18.9 Å². The molecule has 106 valence electrons. The largest absolute Gasteiger partial charge is 0.381 e. The van der Waals surface area contributed by atoms with Crippen molar-refractivity contribution in [2.45, 2.75) is 17.7 Å². The van der Waals surface area contributed by atoms with Gasteiger partial charge in [-0.25, -0.2) is 17.1 Å². The molecule has 1 aliphatic rings. The van der Waals surface area contributed by atoms with Gasteiger partial charge in [-0.05, 0) is 30.9 Å². The van der Waals surface area contributed by atoms with Crippen LogP contribution in [0.4, 0.5) is 4.39 Å². The van der Waals surface area contributed by atoms with Crippen LogP contribution in [0.15, 0.2) is 29.2 Å². The van der Waals surface area contributed by atoms with Crippen LogP contribution < -0.4 is 0 Å². The zero-order valence-corrected chi connectivity index (χ0v) is 11.7. The van der Waals surface area contributed by atoms with Gasteiger partial charge in [-0.3, -0.25) is 0 Å². The number of sulfonamides is 1. The molecule has 0 atom stereocenters. The van der Waals surface area contributed by atoms with Gasteiger partial charge in [-0.2, -0.15) is 0 Å². The number of halogens is 1. The molecule has 1 aromatic rings. The Kier molecular flexibility index (Phi) is 4.54. The molecule has 0 radical (unpaired) electrons. The van der Waals surface area contributed by atoms with Crippen molar-refractivity contribution in [2.24, 2.45) is 5.92 Å². The predicted molar refractivity (Wildman–Crippen MR) is 69.8 cm³/mol. The standard InChI is InChI=1S/C13H18FNO3S/c1-15(10-11-6-8-18-9-7-11)19(16,17)13-5-3-2-4-12(13)14/h2-5,11H,6-10H2,1H3. The van der Waals surface area contributed by atoms with Crippen LogP contribution in [-0.2, 0) is 14.8 Å². The maximum atomic E-state index is 13.6. The Balaban J connectivity index is 2.13. The average molecular weight is 287 g/mol. The monoisotopic (exact) mass is 287 g/mol. The van der Waals surface area contributed by atoms with E-state index in [1.807, 2.05) is 0 Å². The highest BCUT2D eigenvalue weighted by atomic mass is 32.2. The van der Waals surface area contributed by atoms with E-state index in [1.54, 1.807) is 0 Å². The molecule has 19 heavy (non-hydrogen) atoms. The third-order valence-electron chi connectivity index (χ3n) is 3.38. The van der Waals surface area contributed by atoms with Crippen molar-refractivity contribution in [3.63, 3.8) is 0 Å². The lowest BCUT2D eigenvalue weighted by Gasteiger charge is -2.26. The molecule has 0 spiro atoms. The van der Waals surface area contributed by atoms with Crippen LogP contribution in [0.1, 0.15) is 12.8 Å². The van der Waals surface area contributed by atoms with Gasteiger partial charge in [0.1, 0.15) is 10.7 Å². The summed E-state index contributed by atoms with van der Waals surface area (Å²) in [5.74, 6) is -0.429. The minimum atomic E-state index is -3.75.